The van der Waals surface area contributed by atoms with E-state index >= 15 is 0 Å². The summed E-state index contributed by atoms with van der Waals surface area (Å²) in [5.41, 5.74) is 12.4. The minimum Gasteiger partial charge on any atom is -0.309 e. The molecule has 0 aliphatic heterocycles. The molecule has 0 radical (unpaired) electrons. The van der Waals surface area contributed by atoms with Crippen LogP contribution in [0.5, 0.6) is 0 Å². The number of fused-ring (bicyclic) bond motifs is 9. The largest absolute Gasteiger partial charge is 0.309 e. The van der Waals surface area contributed by atoms with Crippen LogP contribution in [-0.2, 0) is 0 Å². The Labute approximate surface area is 316 Å². The van der Waals surface area contributed by atoms with E-state index in [2.05, 4.69) is 159 Å². The van der Waals surface area contributed by atoms with Gasteiger partial charge in [-0.25, -0.2) is 0 Å². The first-order valence-corrected chi connectivity index (χ1v) is 18.3. The van der Waals surface area contributed by atoms with Crippen molar-refractivity contribution in [1.29, 1.82) is 10.5 Å². The summed E-state index contributed by atoms with van der Waals surface area (Å²) in [4.78, 5) is 0. The van der Waals surface area contributed by atoms with Crippen molar-refractivity contribution in [2.75, 3.05) is 0 Å². The highest BCUT2D eigenvalue weighted by Crippen LogP contribution is 2.41. The standard InChI is InChI=1S/C50H29N5/c51-30-32-24-25-34(54-47-22-10-5-17-41(47)50-33(31-52)12-11-23-48(50)54)28-42(32)39-16-4-9-21-46(39)55-45-20-8-3-15-38(45)40-27-26-35(29-49(40)55)53-43-18-6-1-13-36(43)37-14-2-7-19-44(37)53/h1-29H. The second-order valence-electron chi connectivity index (χ2n) is 13.9. The van der Waals surface area contributed by atoms with Crippen molar-refractivity contribution in [2.45, 2.75) is 0 Å². The van der Waals surface area contributed by atoms with Crippen LogP contribution in [0.15, 0.2) is 176 Å². The van der Waals surface area contributed by atoms with Gasteiger partial charge in [0.15, 0.2) is 0 Å². The number of nitriles is 2. The fourth-order valence-electron chi connectivity index (χ4n) is 8.84. The molecule has 0 aliphatic rings. The van der Waals surface area contributed by atoms with Gasteiger partial charge in [0.2, 0.25) is 0 Å². The van der Waals surface area contributed by atoms with Crippen LogP contribution in [0.2, 0.25) is 0 Å². The number of aromatic nitrogens is 3. The average Bonchev–Trinajstić information content (AvgIpc) is 3.89. The lowest BCUT2D eigenvalue weighted by Crippen LogP contribution is -2.01. The summed E-state index contributed by atoms with van der Waals surface area (Å²) in [7, 11) is 0. The molecule has 0 fully saturated rings. The predicted octanol–water partition coefficient (Wildman–Crippen LogP) is 12.4. The Morgan fingerprint density at radius 3 is 1.49 bits per heavy atom. The van der Waals surface area contributed by atoms with Crippen molar-refractivity contribution < 1.29 is 0 Å². The van der Waals surface area contributed by atoms with E-state index in [9.17, 15) is 10.5 Å². The Morgan fingerprint density at radius 1 is 0.327 bits per heavy atom. The van der Waals surface area contributed by atoms with E-state index in [1.165, 1.54) is 10.8 Å². The van der Waals surface area contributed by atoms with Crippen LogP contribution >= 0.6 is 0 Å². The minimum atomic E-state index is 0.585. The maximum absolute atomic E-state index is 10.6. The van der Waals surface area contributed by atoms with Crippen LogP contribution in [0.25, 0.3) is 93.6 Å². The van der Waals surface area contributed by atoms with Gasteiger partial charge in [-0.05, 0) is 72.8 Å². The van der Waals surface area contributed by atoms with Gasteiger partial charge in [0.25, 0.3) is 0 Å². The molecular formula is C50H29N5. The maximum atomic E-state index is 10.6. The SMILES string of the molecule is N#Cc1ccc(-n2c3ccccc3c3c(C#N)cccc32)cc1-c1ccccc1-n1c2ccccc2c2ccc(-n3c4ccccc4c4ccccc43)cc21. The monoisotopic (exact) mass is 699 g/mol. The van der Waals surface area contributed by atoms with Gasteiger partial charge in [0.05, 0.1) is 62.1 Å². The number of benzene rings is 8. The first kappa shape index (κ1) is 30.7. The Bertz CT molecular complexity index is 3420. The van der Waals surface area contributed by atoms with Crippen molar-refractivity contribution in [2.24, 2.45) is 0 Å². The third-order valence-corrected chi connectivity index (χ3v) is 11.1. The van der Waals surface area contributed by atoms with E-state index in [-0.39, 0.29) is 0 Å². The van der Waals surface area contributed by atoms with Gasteiger partial charge in [-0.1, -0.05) is 103 Å². The second-order valence-corrected chi connectivity index (χ2v) is 13.9. The van der Waals surface area contributed by atoms with Crippen molar-refractivity contribution in [3.8, 4) is 40.3 Å². The lowest BCUT2D eigenvalue weighted by atomic mass is 9.97. The molecule has 5 heteroatoms. The molecule has 0 N–H and O–H groups in total. The highest BCUT2D eigenvalue weighted by molar-refractivity contribution is 6.13. The Balaban J connectivity index is 1.18. The molecule has 0 amide bonds. The van der Waals surface area contributed by atoms with Gasteiger partial charge in [-0.2, -0.15) is 10.5 Å². The van der Waals surface area contributed by atoms with Crippen molar-refractivity contribution in [3.05, 3.63) is 187 Å². The van der Waals surface area contributed by atoms with Crippen LogP contribution in [-0.4, -0.2) is 13.7 Å². The van der Waals surface area contributed by atoms with Crippen molar-refractivity contribution >= 4 is 65.4 Å². The molecule has 0 bridgehead atoms. The van der Waals surface area contributed by atoms with Crippen LogP contribution in [0, 0.1) is 22.7 Å². The fourth-order valence-corrected chi connectivity index (χ4v) is 8.84. The van der Waals surface area contributed by atoms with Crippen LogP contribution < -0.4 is 0 Å². The topological polar surface area (TPSA) is 62.4 Å². The van der Waals surface area contributed by atoms with Gasteiger partial charge in [0.1, 0.15) is 0 Å². The molecule has 0 unspecified atom stereocenters. The van der Waals surface area contributed by atoms with Crippen molar-refractivity contribution in [1.82, 2.24) is 13.7 Å². The average molecular weight is 700 g/mol. The summed E-state index contributed by atoms with van der Waals surface area (Å²) in [5.74, 6) is 0. The summed E-state index contributed by atoms with van der Waals surface area (Å²) >= 11 is 0. The molecule has 11 aromatic rings. The molecule has 0 aliphatic carbocycles. The number of hydrogen-bond acceptors (Lipinski definition) is 2. The van der Waals surface area contributed by atoms with E-state index in [1.54, 1.807) is 0 Å². The van der Waals surface area contributed by atoms with Gasteiger partial charge >= 0.3 is 0 Å². The normalized spacial score (nSPS) is 11.6. The molecule has 0 saturated carbocycles. The van der Waals surface area contributed by atoms with Crippen LogP contribution in [0.3, 0.4) is 0 Å². The van der Waals surface area contributed by atoms with Gasteiger partial charge in [0, 0.05) is 54.8 Å². The van der Waals surface area contributed by atoms with E-state index < -0.39 is 0 Å². The summed E-state index contributed by atoms with van der Waals surface area (Å²) in [6, 6.07) is 66.0. The summed E-state index contributed by atoms with van der Waals surface area (Å²) in [5, 5.41) is 27.4. The van der Waals surface area contributed by atoms with E-state index in [0.29, 0.717) is 11.1 Å². The summed E-state index contributed by atoms with van der Waals surface area (Å²) < 4.78 is 6.92. The van der Waals surface area contributed by atoms with Crippen LogP contribution in [0.4, 0.5) is 0 Å². The molecule has 0 saturated heterocycles. The minimum absolute atomic E-state index is 0.585. The molecule has 254 valence electrons. The molecule has 0 spiro atoms. The van der Waals surface area contributed by atoms with Gasteiger partial charge < -0.3 is 13.7 Å². The molecule has 3 aromatic heterocycles. The van der Waals surface area contributed by atoms with Gasteiger partial charge in [-0.15, -0.1) is 0 Å². The lowest BCUT2D eigenvalue weighted by Gasteiger charge is -2.17. The van der Waals surface area contributed by atoms with E-state index in [4.69, 9.17) is 0 Å². The Kier molecular flexibility index (Phi) is 6.61. The molecule has 0 atom stereocenters. The molecule has 55 heavy (non-hydrogen) atoms. The third kappa shape index (κ3) is 4.39. The maximum Gasteiger partial charge on any atom is 0.0998 e. The Morgan fingerprint density at radius 2 is 0.818 bits per heavy atom. The Hall–Kier alpha value is -7.86. The lowest BCUT2D eigenvalue weighted by molar-refractivity contribution is 1.15. The molecule has 8 aromatic carbocycles. The predicted molar refractivity (Wildman–Crippen MR) is 224 cm³/mol. The second kappa shape index (κ2) is 11.8. The smallest absolute Gasteiger partial charge is 0.0998 e. The zero-order chi connectivity index (χ0) is 36.6. The highest BCUT2D eigenvalue weighted by atomic mass is 15.0. The zero-order valence-electron chi connectivity index (χ0n) is 29.5. The fraction of sp³-hybridized carbons (Fsp3) is 0. The number of nitrogens with zero attached hydrogens (tertiary/aromatic N) is 5. The summed E-state index contributed by atoms with van der Waals surface area (Å²) in [6.07, 6.45) is 0. The van der Waals surface area contributed by atoms with Gasteiger partial charge in [-0.3, -0.25) is 0 Å². The molecule has 11 rings (SSSR count). The van der Waals surface area contributed by atoms with Crippen LogP contribution in [0.1, 0.15) is 11.1 Å². The third-order valence-electron chi connectivity index (χ3n) is 11.1. The first-order valence-electron chi connectivity index (χ1n) is 18.3. The highest BCUT2D eigenvalue weighted by Gasteiger charge is 2.21. The molecule has 5 nitrogen and oxygen atoms in total. The van der Waals surface area contributed by atoms with E-state index in [1.807, 2.05) is 42.5 Å². The molecule has 3 heterocycles. The number of hydrogen-bond donors (Lipinski definition) is 0. The number of rotatable bonds is 4. The molecular weight excluding hydrogens is 671 g/mol. The quantitative estimate of drug-likeness (QED) is 0.184. The van der Waals surface area contributed by atoms with Crippen molar-refractivity contribution in [3.63, 3.8) is 0 Å². The summed E-state index contributed by atoms with van der Waals surface area (Å²) in [6.45, 7) is 0. The number of para-hydroxylation sites is 5. The zero-order valence-corrected chi connectivity index (χ0v) is 29.5. The van der Waals surface area contributed by atoms with E-state index in [0.717, 1.165) is 82.8 Å². The first-order chi connectivity index (χ1) is 27.2.